The third-order valence-corrected chi connectivity index (χ3v) is 4.75. The molecule has 0 bridgehead atoms. The van der Waals surface area contributed by atoms with E-state index in [-0.39, 0.29) is 17.3 Å². The van der Waals surface area contributed by atoms with Gasteiger partial charge in [-0.05, 0) is 24.3 Å². The summed E-state index contributed by atoms with van der Waals surface area (Å²) in [5.74, 6) is -0.432. The molecule has 2 aromatic carbocycles. The minimum atomic E-state index is -3.51. The summed E-state index contributed by atoms with van der Waals surface area (Å²) in [6.07, 6.45) is 0. The first kappa shape index (κ1) is 13.6. The van der Waals surface area contributed by atoms with Crippen molar-refractivity contribution in [3.8, 4) is 5.75 Å². The summed E-state index contributed by atoms with van der Waals surface area (Å²) in [6, 6.07) is 10.6. The van der Waals surface area contributed by atoms with Gasteiger partial charge in [0.15, 0.2) is 11.6 Å². The Morgan fingerprint density at radius 2 is 1.86 bits per heavy atom. The van der Waals surface area contributed by atoms with E-state index in [0.29, 0.717) is 16.8 Å². The van der Waals surface area contributed by atoms with E-state index >= 15 is 0 Å². The fourth-order valence-electron chi connectivity index (χ4n) is 2.26. The second-order valence-electron chi connectivity index (χ2n) is 4.63. The Bertz CT molecular complexity index is 844. The van der Waals surface area contributed by atoms with Gasteiger partial charge in [-0.1, -0.05) is 18.2 Å². The number of para-hydroxylation sites is 1. The first-order chi connectivity index (χ1) is 9.99. The number of hydrogen-bond donors (Lipinski definition) is 1. The summed E-state index contributed by atoms with van der Waals surface area (Å²) in [5.41, 5.74) is 7.07. The van der Waals surface area contributed by atoms with Gasteiger partial charge in [-0.25, -0.2) is 12.8 Å². The van der Waals surface area contributed by atoms with Crippen molar-refractivity contribution >= 4 is 21.1 Å². The van der Waals surface area contributed by atoms with Gasteiger partial charge < -0.3 is 10.5 Å². The SMILES string of the molecule is Nc1cccc2c1C(COc1ccccc1F)=CS2(=O)=O. The number of fused-ring (bicyclic) bond motifs is 1. The number of ether oxygens (including phenoxy) is 1. The molecule has 0 aliphatic carbocycles. The standard InChI is InChI=1S/C15H12FNO3S/c16-11-4-1-2-6-13(11)20-8-10-9-21(18,19)14-7-3-5-12(17)15(10)14/h1-7,9H,8,17H2. The maximum atomic E-state index is 13.5. The molecule has 0 aromatic heterocycles. The van der Waals surface area contributed by atoms with Crippen molar-refractivity contribution in [1.82, 2.24) is 0 Å². The lowest BCUT2D eigenvalue weighted by molar-refractivity contribution is 0.348. The van der Waals surface area contributed by atoms with Gasteiger partial charge in [-0.15, -0.1) is 0 Å². The molecule has 3 rings (SSSR count). The maximum Gasteiger partial charge on any atom is 0.200 e. The average molecular weight is 305 g/mol. The molecule has 21 heavy (non-hydrogen) atoms. The number of halogens is 1. The molecule has 6 heteroatoms. The van der Waals surface area contributed by atoms with Gasteiger partial charge in [0.2, 0.25) is 9.84 Å². The average Bonchev–Trinajstić information content (AvgIpc) is 2.71. The first-order valence-corrected chi connectivity index (χ1v) is 7.75. The molecule has 0 radical (unpaired) electrons. The third-order valence-electron chi connectivity index (χ3n) is 3.20. The van der Waals surface area contributed by atoms with Gasteiger partial charge in [0, 0.05) is 22.2 Å². The molecule has 1 aliphatic heterocycles. The fraction of sp³-hybridized carbons (Fsp3) is 0.0667. The Morgan fingerprint density at radius 3 is 2.62 bits per heavy atom. The van der Waals surface area contributed by atoms with Crippen LogP contribution in [0.15, 0.2) is 52.8 Å². The highest BCUT2D eigenvalue weighted by molar-refractivity contribution is 7.95. The number of anilines is 1. The summed E-state index contributed by atoms with van der Waals surface area (Å²) >= 11 is 0. The Kier molecular flexibility index (Phi) is 3.17. The predicted octanol–water partition coefficient (Wildman–Crippen LogP) is 2.62. The summed E-state index contributed by atoms with van der Waals surface area (Å²) < 4.78 is 42.9. The van der Waals surface area contributed by atoms with Crippen LogP contribution < -0.4 is 10.5 Å². The molecule has 1 heterocycles. The van der Waals surface area contributed by atoms with E-state index in [1.807, 2.05) is 0 Å². The van der Waals surface area contributed by atoms with Crippen LogP contribution in [0, 0.1) is 5.82 Å². The fourth-order valence-corrected chi connectivity index (χ4v) is 3.75. The molecule has 1 aliphatic rings. The Hall–Kier alpha value is -2.34. The van der Waals surface area contributed by atoms with Crippen LogP contribution >= 0.6 is 0 Å². The molecular weight excluding hydrogens is 293 g/mol. The maximum absolute atomic E-state index is 13.5. The van der Waals surface area contributed by atoms with Gasteiger partial charge in [0.05, 0.1) is 4.90 Å². The zero-order valence-corrected chi connectivity index (χ0v) is 11.7. The minimum Gasteiger partial charge on any atom is -0.486 e. The largest absolute Gasteiger partial charge is 0.486 e. The predicted molar refractivity (Wildman–Crippen MR) is 77.9 cm³/mol. The molecule has 0 saturated heterocycles. The molecule has 0 fully saturated rings. The van der Waals surface area contributed by atoms with Crippen molar-refractivity contribution in [3.05, 3.63) is 59.3 Å². The van der Waals surface area contributed by atoms with Gasteiger partial charge in [0.25, 0.3) is 0 Å². The number of nitrogens with two attached hydrogens (primary N) is 1. The highest BCUT2D eigenvalue weighted by Gasteiger charge is 2.28. The van der Waals surface area contributed by atoms with Crippen LogP contribution in [0.3, 0.4) is 0 Å². The second-order valence-corrected chi connectivity index (χ2v) is 6.39. The van der Waals surface area contributed by atoms with E-state index in [1.54, 1.807) is 24.3 Å². The minimum absolute atomic E-state index is 0.0681. The van der Waals surface area contributed by atoms with Gasteiger partial charge in [-0.3, -0.25) is 0 Å². The van der Waals surface area contributed by atoms with E-state index < -0.39 is 15.7 Å². The molecule has 0 spiro atoms. The van der Waals surface area contributed by atoms with Crippen LogP contribution in [0.25, 0.3) is 5.57 Å². The molecular formula is C15H12FNO3S. The lowest BCUT2D eigenvalue weighted by Crippen LogP contribution is -2.03. The molecule has 0 saturated carbocycles. The monoisotopic (exact) mass is 305 g/mol. The summed E-state index contributed by atoms with van der Waals surface area (Å²) in [6.45, 7) is -0.0681. The number of rotatable bonds is 3. The first-order valence-electron chi connectivity index (χ1n) is 6.21. The smallest absolute Gasteiger partial charge is 0.200 e. The third kappa shape index (κ3) is 2.38. The Labute approximate surface area is 121 Å². The van der Waals surface area contributed by atoms with Crippen molar-refractivity contribution in [2.24, 2.45) is 0 Å². The van der Waals surface area contributed by atoms with Crippen molar-refractivity contribution in [1.29, 1.82) is 0 Å². The van der Waals surface area contributed by atoms with Crippen molar-refractivity contribution < 1.29 is 17.5 Å². The van der Waals surface area contributed by atoms with Crippen LogP contribution in [-0.4, -0.2) is 15.0 Å². The zero-order chi connectivity index (χ0) is 15.0. The number of nitrogen functional groups attached to an aromatic ring is 1. The Balaban J connectivity index is 1.94. The number of hydrogen-bond acceptors (Lipinski definition) is 4. The van der Waals surface area contributed by atoms with Crippen LogP contribution in [0.5, 0.6) is 5.75 Å². The normalized spacial score (nSPS) is 15.4. The molecule has 2 N–H and O–H groups in total. The quantitative estimate of drug-likeness (QED) is 0.885. The van der Waals surface area contributed by atoms with Crippen molar-refractivity contribution in [3.63, 3.8) is 0 Å². The lowest BCUT2D eigenvalue weighted by atomic mass is 10.1. The van der Waals surface area contributed by atoms with Crippen LogP contribution in [0.1, 0.15) is 5.56 Å². The molecule has 0 amide bonds. The number of benzene rings is 2. The second kappa shape index (κ2) is 4.89. The van der Waals surface area contributed by atoms with E-state index in [9.17, 15) is 12.8 Å². The van der Waals surface area contributed by atoms with Crippen LogP contribution in [-0.2, 0) is 9.84 Å². The summed E-state index contributed by atoms with van der Waals surface area (Å²) in [4.78, 5) is 0.162. The van der Waals surface area contributed by atoms with Crippen LogP contribution in [0.2, 0.25) is 0 Å². The molecule has 108 valence electrons. The van der Waals surface area contributed by atoms with Gasteiger partial charge >= 0.3 is 0 Å². The van der Waals surface area contributed by atoms with E-state index in [1.165, 1.54) is 18.2 Å². The lowest BCUT2D eigenvalue weighted by Gasteiger charge is -2.10. The molecule has 0 unspecified atom stereocenters. The van der Waals surface area contributed by atoms with Crippen molar-refractivity contribution in [2.45, 2.75) is 4.90 Å². The highest BCUT2D eigenvalue weighted by Crippen LogP contribution is 2.37. The summed E-state index contributed by atoms with van der Waals surface area (Å²) in [5, 5.41) is 1.12. The molecule has 2 aromatic rings. The van der Waals surface area contributed by atoms with E-state index in [0.717, 1.165) is 5.41 Å². The number of sulfone groups is 1. The molecule has 0 atom stereocenters. The van der Waals surface area contributed by atoms with E-state index in [2.05, 4.69) is 0 Å². The topological polar surface area (TPSA) is 69.4 Å². The highest BCUT2D eigenvalue weighted by atomic mass is 32.2. The van der Waals surface area contributed by atoms with Gasteiger partial charge in [-0.2, -0.15) is 0 Å². The van der Waals surface area contributed by atoms with Crippen LogP contribution in [0.4, 0.5) is 10.1 Å². The van der Waals surface area contributed by atoms with E-state index in [4.69, 9.17) is 10.5 Å². The molecule has 4 nitrogen and oxygen atoms in total. The zero-order valence-electron chi connectivity index (χ0n) is 10.9. The summed E-state index contributed by atoms with van der Waals surface area (Å²) in [7, 11) is -3.51. The van der Waals surface area contributed by atoms with Crippen molar-refractivity contribution in [2.75, 3.05) is 12.3 Å². The Morgan fingerprint density at radius 1 is 1.10 bits per heavy atom. The van der Waals surface area contributed by atoms with Gasteiger partial charge in [0.1, 0.15) is 6.61 Å².